The minimum Gasteiger partial charge on any atom is -0.278 e. The molecular weight excluding hydrogens is 605 g/mol. The largest absolute Gasteiger partial charge is 0.278 e. The molecule has 0 aromatic heterocycles. The van der Waals surface area contributed by atoms with Crippen LogP contribution in [0.3, 0.4) is 0 Å². The highest BCUT2D eigenvalue weighted by Crippen LogP contribution is 2.41. The molecule has 2 atom stereocenters. The normalized spacial score (nSPS) is 22.8. The fourth-order valence-corrected chi connectivity index (χ4v) is 8.64. The van der Waals surface area contributed by atoms with Crippen LogP contribution in [0.2, 0.25) is 0 Å². The van der Waals surface area contributed by atoms with Crippen molar-refractivity contribution in [2.24, 2.45) is 22.7 Å². The van der Waals surface area contributed by atoms with Crippen molar-refractivity contribution in [1.29, 1.82) is 0 Å². The molecule has 42 heavy (non-hydrogen) atoms. The van der Waals surface area contributed by atoms with E-state index in [4.69, 9.17) is 24.4 Å². The summed E-state index contributed by atoms with van der Waals surface area (Å²) < 4.78 is 0. The Labute approximate surface area is 270 Å². The van der Waals surface area contributed by atoms with Crippen LogP contribution in [0.5, 0.6) is 0 Å². The van der Waals surface area contributed by atoms with E-state index < -0.39 is 0 Å². The molecule has 0 aromatic rings. The van der Waals surface area contributed by atoms with Crippen LogP contribution in [-0.4, -0.2) is 67.8 Å². The van der Waals surface area contributed by atoms with Gasteiger partial charge in [-0.1, -0.05) is 52.1 Å². The number of carbonyl (C=O) groups is 4. The molecule has 0 N–H and O–H groups in total. The van der Waals surface area contributed by atoms with Crippen LogP contribution in [0.15, 0.2) is 22.0 Å². The van der Waals surface area contributed by atoms with Crippen molar-refractivity contribution in [3.8, 4) is 0 Å². The van der Waals surface area contributed by atoms with Crippen LogP contribution in [0, 0.1) is 22.7 Å². The number of hydrogen-bond donors (Lipinski definition) is 0. The molecule has 2 unspecified atom stereocenters. The van der Waals surface area contributed by atoms with Crippen molar-refractivity contribution in [1.82, 2.24) is 9.80 Å². The maximum atomic E-state index is 12.8. The highest BCUT2D eigenvalue weighted by molar-refractivity contribution is 8.03. The number of imide groups is 2. The second-order valence-electron chi connectivity index (χ2n) is 13.5. The quantitative estimate of drug-likeness (QED) is 0.140. The van der Waals surface area contributed by atoms with Gasteiger partial charge in [0.25, 0.3) is 11.8 Å². The summed E-state index contributed by atoms with van der Waals surface area (Å²) in [6.45, 7) is 9.64. The monoisotopic (exact) mass is 648 g/mol. The van der Waals surface area contributed by atoms with Gasteiger partial charge in [-0.3, -0.25) is 29.0 Å². The number of thioether (sulfide) groups is 2. The Morgan fingerprint density at radius 2 is 1.07 bits per heavy atom. The average molecular weight is 649 g/mol. The number of hydrogen-bond acceptors (Lipinski definition) is 8. The molecule has 0 spiro atoms. The average Bonchev–Trinajstić information content (AvgIpc) is 3.59. The molecule has 2 saturated heterocycles. The molecule has 4 rings (SSSR count). The van der Waals surface area contributed by atoms with Gasteiger partial charge in [0.1, 0.15) is 0 Å². The highest BCUT2D eigenvalue weighted by atomic mass is 32.2. The second-order valence-corrected chi connectivity index (χ2v) is 17.0. The first-order valence-electron chi connectivity index (χ1n) is 15.2. The van der Waals surface area contributed by atoms with Crippen molar-refractivity contribution < 1.29 is 19.2 Å². The molecule has 0 aliphatic carbocycles. The Hall–Kier alpha value is -1.36. The van der Waals surface area contributed by atoms with Gasteiger partial charge in [0.15, 0.2) is 0 Å². The van der Waals surface area contributed by atoms with Crippen molar-refractivity contribution in [3.05, 3.63) is 22.0 Å². The highest BCUT2D eigenvalue weighted by Gasteiger charge is 2.40. The van der Waals surface area contributed by atoms with Crippen LogP contribution in [0.1, 0.15) is 91.9 Å². The summed E-state index contributed by atoms with van der Waals surface area (Å²) in [4.78, 5) is 57.5. The summed E-state index contributed by atoms with van der Waals surface area (Å²) in [6.07, 6.45) is 11.6. The maximum Gasteiger partial charge on any atom is 0.253 e. The number of fused-ring (bicyclic) bond motifs is 2. The number of carbonyl (C=O) groups excluding carboxylic acids is 4. The lowest BCUT2D eigenvalue weighted by atomic mass is 9.82. The standard InChI is InChI=1S/C32H44N2O4S4/c1-31(2,13-15-33-27(35)19-25-23(29(33)37)9-17-41-25)11-7-21(39)5-6-22(40)8-12-32(3,4)14-16-34-28(36)20-26-24(30(34)38)10-18-42-26/h19-20,23-24H,5-18H2,1-4H3. The van der Waals surface area contributed by atoms with E-state index in [2.05, 4.69) is 27.7 Å². The molecule has 230 valence electrons. The molecule has 6 nitrogen and oxygen atoms in total. The zero-order valence-electron chi connectivity index (χ0n) is 25.4. The third kappa shape index (κ3) is 8.63. The third-order valence-corrected chi connectivity index (χ3v) is 12.3. The first-order valence-corrected chi connectivity index (χ1v) is 18.0. The Balaban J connectivity index is 1.12. The van der Waals surface area contributed by atoms with Crippen LogP contribution in [-0.2, 0) is 19.2 Å². The Morgan fingerprint density at radius 1 is 0.690 bits per heavy atom. The minimum absolute atomic E-state index is 0.0296. The molecule has 0 bridgehead atoms. The molecule has 2 fully saturated rings. The van der Waals surface area contributed by atoms with Crippen molar-refractivity contribution in [3.63, 3.8) is 0 Å². The SMILES string of the molecule is CC(C)(CCC(=S)CCC(=S)CCC(C)(C)CCN1C(=O)C=C2SCCC2C1=O)CCN1C(=O)C=C2SCCC2C1=O. The molecule has 0 radical (unpaired) electrons. The van der Waals surface area contributed by atoms with Gasteiger partial charge in [0.2, 0.25) is 11.8 Å². The molecule has 10 heteroatoms. The molecule has 4 aliphatic rings. The van der Waals surface area contributed by atoms with Gasteiger partial charge in [0.05, 0.1) is 11.8 Å². The smallest absolute Gasteiger partial charge is 0.253 e. The molecule has 0 saturated carbocycles. The van der Waals surface area contributed by atoms with Gasteiger partial charge in [-0.25, -0.2) is 0 Å². The van der Waals surface area contributed by atoms with Gasteiger partial charge >= 0.3 is 0 Å². The molecule has 4 amide bonds. The predicted molar refractivity (Wildman–Crippen MR) is 180 cm³/mol. The fourth-order valence-electron chi connectivity index (χ4n) is 5.85. The number of nitrogens with zero attached hydrogens (tertiary/aromatic N) is 2. The van der Waals surface area contributed by atoms with E-state index in [1.165, 1.54) is 9.80 Å². The van der Waals surface area contributed by atoms with Gasteiger partial charge in [-0.2, -0.15) is 0 Å². The van der Waals surface area contributed by atoms with Crippen LogP contribution < -0.4 is 0 Å². The molecule has 4 heterocycles. The van der Waals surface area contributed by atoms with Crippen LogP contribution in [0.4, 0.5) is 0 Å². The third-order valence-electron chi connectivity index (χ3n) is 9.10. The lowest BCUT2D eigenvalue weighted by molar-refractivity contribution is -0.147. The number of amides is 4. The van der Waals surface area contributed by atoms with Gasteiger partial charge in [-0.15, -0.1) is 23.5 Å². The van der Waals surface area contributed by atoms with Crippen LogP contribution >= 0.6 is 48.0 Å². The lowest BCUT2D eigenvalue weighted by Crippen LogP contribution is -2.44. The zero-order valence-corrected chi connectivity index (χ0v) is 28.6. The molecule has 0 aromatic carbocycles. The Morgan fingerprint density at radius 3 is 1.45 bits per heavy atom. The van der Waals surface area contributed by atoms with Gasteiger partial charge in [0, 0.05) is 35.1 Å². The van der Waals surface area contributed by atoms with Gasteiger partial charge < -0.3 is 0 Å². The van der Waals surface area contributed by atoms with Gasteiger partial charge in [-0.05, 0) is 96.3 Å². The Bertz CT molecular complexity index is 1110. The number of thiocarbonyl (C=S) groups is 2. The summed E-state index contributed by atoms with van der Waals surface area (Å²) in [6, 6.07) is 0. The van der Waals surface area contributed by atoms with E-state index in [0.29, 0.717) is 13.1 Å². The van der Waals surface area contributed by atoms with E-state index in [-0.39, 0.29) is 46.3 Å². The maximum absolute atomic E-state index is 12.8. The van der Waals surface area contributed by atoms with Crippen LogP contribution in [0.25, 0.3) is 0 Å². The summed E-state index contributed by atoms with van der Waals surface area (Å²) in [5.41, 5.74) is -0.0662. The first-order chi connectivity index (χ1) is 19.8. The van der Waals surface area contributed by atoms with Crippen molar-refractivity contribution >= 4 is 81.3 Å². The summed E-state index contributed by atoms with van der Waals surface area (Å²) in [7, 11) is 0. The van der Waals surface area contributed by atoms with E-state index in [9.17, 15) is 19.2 Å². The van der Waals surface area contributed by atoms with E-state index in [1.54, 1.807) is 35.7 Å². The topological polar surface area (TPSA) is 74.8 Å². The zero-order chi connectivity index (χ0) is 30.7. The summed E-state index contributed by atoms with van der Waals surface area (Å²) in [5.74, 6) is 1.20. The van der Waals surface area contributed by atoms with Crippen molar-refractivity contribution in [2.75, 3.05) is 24.6 Å². The summed E-state index contributed by atoms with van der Waals surface area (Å²) >= 11 is 14.7. The molecular formula is C32H44N2O4S4. The van der Waals surface area contributed by atoms with E-state index in [1.807, 2.05) is 0 Å². The van der Waals surface area contributed by atoms with E-state index >= 15 is 0 Å². The fraction of sp³-hybridized carbons (Fsp3) is 0.688. The predicted octanol–water partition coefficient (Wildman–Crippen LogP) is 6.91. The summed E-state index contributed by atoms with van der Waals surface area (Å²) in [5, 5.41) is 0. The molecule has 4 aliphatic heterocycles. The first kappa shape index (κ1) is 33.5. The number of rotatable bonds is 15. The lowest BCUT2D eigenvalue weighted by Gasteiger charge is -2.31. The minimum atomic E-state index is -0.170. The Kier molecular flexibility index (Phi) is 11.3. The van der Waals surface area contributed by atoms with E-state index in [0.717, 1.165) is 95.3 Å². The van der Waals surface area contributed by atoms with Crippen molar-refractivity contribution in [2.45, 2.75) is 91.9 Å². The second kappa shape index (κ2) is 14.2.